The molecule has 0 bridgehead atoms. The van der Waals surface area contributed by atoms with Crippen molar-refractivity contribution in [3.05, 3.63) is 23.2 Å². The number of nitrogens with zero attached hydrogens (tertiary/aromatic N) is 3. The van der Waals surface area contributed by atoms with E-state index in [4.69, 9.17) is 16.3 Å². The van der Waals surface area contributed by atoms with E-state index in [2.05, 4.69) is 10.2 Å². The number of halogens is 1. The number of rotatable bonds is 4. The topological polar surface area (TPSA) is 65.1 Å². The lowest BCUT2D eigenvalue weighted by Gasteiger charge is -2.36. The highest BCUT2D eigenvalue weighted by atomic mass is 35.5. The minimum atomic E-state index is -0.157. The number of hydrogen-bond acceptors (Lipinski definition) is 4. The molecular weight excluding hydrogens is 332 g/mol. The molecule has 2 fully saturated rings. The number of amides is 3. The molecule has 2 aliphatic heterocycles. The maximum absolute atomic E-state index is 12.3. The number of benzene rings is 1. The fraction of sp³-hybridized carbons (Fsp3) is 0.500. The summed E-state index contributed by atoms with van der Waals surface area (Å²) in [5.74, 6) is 0.646. The van der Waals surface area contributed by atoms with Crippen molar-refractivity contribution in [1.82, 2.24) is 15.1 Å². The third-order valence-electron chi connectivity index (χ3n) is 4.40. The zero-order chi connectivity index (χ0) is 17.1. The van der Waals surface area contributed by atoms with Gasteiger partial charge in [-0.05, 0) is 12.1 Å². The minimum absolute atomic E-state index is 0.000358. The Hall–Kier alpha value is -2.15. The van der Waals surface area contributed by atoms with E-state index in [1.165, 1.54) is 0 Å². The summed E-state index contributed by atoms with van der Waals surface area (Å²) in [7, 11) is 1.59. The number of carbonyl (C=O) groups excluding carboxylic acids is 2. The van der Waals surface area contributed by atoms with Crippen molar-refractivity contribution in [3.8, 4) is 5.75 Å². The van der Waals surface area contributed by atoms with E-state index < -0.39 is 0 Å². The highest BCUT2D eigenvalue weighted by Gasteiger charge is 2.27. The Morgan fingerprint density at radius 3 is 2.62 bits per heavy atom. The van der Waals surface area contributed by atoms with Crippen LogP contribution in [0.1, 0.15) is 0 Å². The predicted octanol–water partition coefficient (Wildman–Crippen LogP) is 1.02. The standard InChI is InChI=1S/C16H21ClN4O3/c1-24-14-10-12(2-3-13(14)17)19-6-8-20(9-7-19)15(22)11-21-5-4-18-16(21)23/h2-3,10H,4-9,11H2,1H3,(H,18,23). The van der Waals surface area contributed by atoms with Crippen molar-refractivity contribution in [3.63, 3.8) is 0 Å². The monoisotopic (exact) mass is 352 g/mol. The van der Waals surface area contributed by atoms with Crippen molar-refractivity contribution in [2.45, 2.75) is 0 Å². The molecule has 2 saturated heterocycles. The Kier molecular flexibility index (Phi) is 4.99. The van der Waals surface area contributed by atoms with Crippen LogP contribution in [0.25, 0.3) is 0 Å². The SMILES string of the molecule is COc1cc(N2CCN(C(=O)CN3CCNC3=O)CC2)ccc1Cl. The Morgan fingerprint density at radius 2 is 2.00 bits per heavy atom. The van der Waals surface area contributed by atoms with Crippen LogP contribution >= 0.6 is 11.6 Å². The molecule has 130 valence electrons. The molecule has 0 unspecified atom stereocenters. The predicted molar refractivity (Wildman–Crippen MR) is 91.8 cm³/mol. The average molecular weight is 353 g/mol. The van der Waals surface area contributed by atoms with Gasteiger partial charge in [0, 0.05) is 51.0 Å². The number of carbonyl (C=O) groups is 2. The summed E-state index contributed by atoms with van der Waals surface area (Å²) in [6.45, 7) is 4.11. The molecule has 1 aromatic carbocycles. The van der Waals surface area contributed by atoms with Crippen LogP contribution in [0.2, 0.25) is 5.02 Å². The van der Waals surface area contributed by atoms with Gasteiger partial charge in [-0.2, -0.15) is 0 Å². The molecule has 1 N–H and O–H groups in total. The lowest BCUT2D eigenvalue weighted by molar-refractivity contribution is -0.131. The van der Waals surface area contributed by atoms with Gasteiger partial charge < -0.3 is 24.8 Å². The summed E-state index contributed by atoms with van der Waals surface area (Å²) in [6.07, 6.45) is 0. The van der Waals surface area contributed by atoms with E-state index in [0.717, 1.165) is 18.8 Å². The first-order valence-corrected chi connectivity index (χ1v) is 8.35. The smallest absolute Gasteiger partial charge is 0.317 e. The summed E-state index contributed by atoms with van der Waals surface area (Å²) in [4.78, 5) is 29.4. The molecule has 1 aromatic rings. The fourth-order valence-corrected chi connectivity index (χ4v) is 3.18. The van der Waals surface area contributed by atoms with Gasteiger partial charge in [0.05, 0.1) is 12.1 Å². The first kappa shape index (κ1) is 16.7. The second-order valence-corrected chi connectivity index (χ2v) is 6.25. The summed E-state index contributed by atoms with van der Waals surface area (Å²) >= 11 is 6.06. The highest BCUT2D eigenvalue weighted by Crippen LogP contribution is 2.29. The number of urea groups is 1. The average Bonchev–Trinajstić information content (AvgIpc) is 3.00. The Balaban J connectivity index is 1.55. The maximum Gasteiger partial charge on any atom is 0.317 e. The van der Waals surface area contributed by atoms with E-state index in [-0.39, 0.29) is 18.5 Å². The van der Waals surface area contributed by atoms with E-state index in [1.807, 2.05) is 23.1 Å². The first-order valence-electron chi connectivity index (χ1n) is 7.97. The maximum atomic E-state index is 12.3. The van der Waals surface area contributed by atoms with Crippen LogP contribution in [0.3, 0.4) is 0 Å². The first-order chi connectivity index (χ1) is 11.6. The largest absolute Gasteiger partial charge is 0.495 e. The lowest BCUT2D eigenvalue weighted by atomic mass is 10.2. The van der Waals surface area contributed by atoms with Gasteiger partial charge in [-0.1, -0.05) is 11.6 Å². The van der Waals surface area contributed by atoms with Gasteiger partial charge >= 0.3 is 6.03 Å². The van der Waals surface area contributed by atoms with E-state index in [9.17, 15) is 9.59 Å². The molecule has 24 heavy (non-hydrogen) atoms. The summed E-state index contributed by atoms with van der Waals surface area (Å²) in [5, 5.41) is 3.29. The van der Waals surface area contributed by atoms with Crippen molar-refractivity contribution in [2.24, 2.45) is 0 Å². The van der Waals surface area contributed by atoms with Crippen LogP contribution in [-0.4, -0.2) is 74.7 Å². The van der Waals surface area contributed by atoms with E-state index in [0.29, 0.717) is 37.0 Å². The van der Waals surface area contributed by atoms with Crippen LogP contribution < -0.4 is 15.0 Å². The van der Waals surface area contributed by atoms with Gasteiger partial charge in [0.15, 0.2) is 0 Å². The number of piperazine rings is 1. The van der Waals surface area contributed by atoms with Crippen LogP contribution in [-0.2, 0) is 4.79 Å². The Labute approximate surface area is 146 Å². The molecule has 0 atom stereocenters. The molecule has 0 aromatic heterocycles. The van der Waals surface area contributed by atoms with Crippen LogP contribution in [0.15, 0.2) is 18.2 Å². The minimum Gasteiger partial charge on any atom is -0.495 e. The van der Waals surface area contributed by atoms with Crippen LogP contribution in [0, 0.1) is 0 Å². The van der Waals surface area contributed by atoms with E-state index in [1.54, 1.807) is 12.0 Å². The second-order valence-electron chi connectivity index (χ2n) is 5.84. The van der Waals surface area contributed by atoms with Crippen LogP contribution in [0.4, 0.5) is 10.5 Å². The molecule has 8 heteroatoms. The molecule has 0 aliphatic carbocycles. The zero-order valence-electron chi connectivity index (χ0n) is 13.6. The molecule has 0 radical (unpaired) electrons. The summed E-state index contributed by atoms with van der Waals surface area (Å²) < 4.78 is 5.25. The number of ether oxygens (including phenoxy) is 1. The Morgan fingerprint density at radius 1 is 1.25 bits per heavy atom. The zero-order valence-corrected chi connectivity index (χ0v) is 14.4. The second kappa shape index (κ2) is 7.17. The van der Waals surface area contributed by atoms with Gasteiger partial charge in [-0.15, -0.1) is 0 Å². The molecule has 2 heterocycles. The molecule has 7 nitrogen and oxygen atoms in total. The highest BCUT2D eigenvalue weighted by molar-refractivity contribution is 6.32. The van der Waals surface area contributed by atoms with Gasteiger partial charge in [0.25, 0.3) is 0 Å². The molecule has 0 spiro atoms. The number of hydrogen-bond donors (Lipinski definition) is 1. The van der Waals surface area contributed by atoms with Crippen LogP contribution in [0.5, 0.6) is 5.75 Å². The Bertz CT molecular complexity index is 632. The van der Waals surface area contributed by atoms with Crippen molar-refractivity contribution in [2.75, 3.05) is 57.8 Å². The molecule has 3 rings (SSSR count). The number of methoxy groups -OCH3 is 1. The quantitative estimate of drug-likeness (QED) is 0.878. The van der Waals surface area contributed by atoms with Crippen molar-refractivity contribution >= 4 is 29.2 Å². The third kappa shape index (κ3) is 3.51. The van der Waals surface area contributed by atoms with Gasteiger partial charge in [-0.25, -0.2) is 4.79 Å². The molecule has 3 amide bonds. The molecular formula is C16H21ClN4O3. The number of anilines is 1. The van der Waals surface area contributed by atoms with Gasteiger partial charge in [0.2, 0.25) is 5.91 Å². The summed E-state index contributed by atoms with van der Waals surface area (Å²) in [6, 6.07) is 5.53. The fourth-order valence-electron chi connectivity index (χ4n) is 2.98. The van der Waals surface area contributed by atoms with Gasteiger partial charge in [0.1, 0.15) is 12.3 Å². The lowest BCUT2D eigenvalue weighted by Crippen LogP contribution is -2.51. The third-order valence-corrected chi connectivity index (χ3v) is 4.72. The van der Waals surface area contributed by atoms with E-state index >= 15 is 0 Å². The molecule has 2 aliphatic rings. The van der Waals surface area contributed by atoms with Gasteiger partial charge in [-0.3, -0.25) is 4.79 Å². The van der Waals surface area contributed by atoms with Crippen molar-refractivity contribution < 1.29 is 14.3 Å². The number of nitrogens with one attached hydrogen (secondary N) is 1. The molecule has 0 saturated carbocycles. The summed E-state index contributed by atoms with van der Waals surface area (Å²) in [5.41, 5.74) is 1.03. The van der Waals surface area contributed by atoms with Crippen molar-refractivity contribution in [1.29, 1.82) is 0 Å². The normalized spacial score (nSPS) is 17.9.